The van der Waals surface area contributed by atoms with Gasteiger partial charge in [0.15, 0.2) is 5.96 Å². The molecule has 0 saturated carbocycles. The van der Waals surface area contributed by atoms with Gasteiger partial charge in [-0.2, -0.15) is 4.98 Å². The molecule has 0 atom stereocenters. The van der Waals surface area contributed by atoms with Crippen LogP contribution in [0.4, 0.5) is 5.95 Å². The van der Waals surface area contributed by atoms with E-state index in [2.05, 4.69) is 58.1 Å². The van der Waals surface area contributed by atoms with Gasteiger partial charge < -0.3 is 19.9 Å². The molecule has 7 nitrogen and oxygen atoms in total. The lowest BCUT2D eigenvalue weighted by Gasteiger charge is -2.36. The van der Waals surface area contributed by atoms with Crippen LogP contribution in [0, 0.1) is 0 Å². The summed E-state index contributed by atoms with van der Waals surface area (Å²) in [5.41, 5.74) is 1.24. The Kier molecular flexibility index (Phi) is 8.55. The Morgan fingerprint density at radius 2 is 1.93 bits per heavy atom. The summed E-state index contributed by atoms with van der Waals surface area (Å²) in [7, 11) is 3.43. The number of aliphatic imine (C=N–C) groups is 1. The molecular formula is C18H24BrIN6O. The van der Waals surface area contributed by atoms with Crippen molar-refractivity contribution in [1.29, 1.82) is 0 Å². The van der Waals surface area contributed by atoms with E-state index in [-0.39, 0.29) is 24.0 Å². The first-order valence-electron chi connectivity index (χ1n) is 8.52. The second kappa shape index (κ2) is 10.6. The number of guanidine groups is 1. The van der Waals surface area contributed by atoms with Gasteiger partial charge in [-0.05, 0) is 21.5 Å². The van der Waals surface area contributed by atoms with Crippen molar-refractivity contribution >= 4 is 51.8 Å². The van der Waals surface area contributed by atoms with Gasteiger partial charge in [0.2, 0.25) is 11.8 Å². The molecule has 0 unspecified atom stereocenters. The SMILES string of the molecule is CN=C(NCc1ccccc1)N1CCN(c2ncc(Br)c(OC)n2)CC1.I. The maximum Gasteiger partial charge on any atom is 0.232 e. The molecule has 1 aliphatic heterocycles. The van der Waals surface area contributed by atoms with E-state index in [1.807, 2.05) is 25.2 Å². The zero-order valence-corrected chi connectivity index (χ0v) is 19.3. The molecule has 146 valence electrons. The summed E-state index contributed by atoms with van der Waals surface area (Å²) >= 11 is 3.39. The van der Waals surface area contributed by atoms with Crippen molar-refractivity contribution in [3.05, 3.63) is 46.6 Å². The fourth-order valence-corrected chi connectivity index (χ4v) is 3.22. The van der Waals surface area contributed by atoms with Crippen molar-refractivity contribution in [2.75, 3.05) is 45.2 Å². The van der Waals surface area contributed by atoms with Crippen LogP contribution in [0.3, 0.4) is 0 Å². The predicted octanol–water partition coefficient (Wildman–Crippen LogP) is 2.76. The van der Waals surface area contributed by atoms with E-state index in [4.69, 9.17) is 4.74 Å². The van der Waals surface area contributed by atoms with Gasteiger partial charge in [0.1, 0.15) is 0 Å². The van der Waals surface area contributed by atoms with Gasteiger partial charge in [-0.15, -0.1) is 24.0 Å². The van der Waals surface area contributed by atoms with Crippen LogP contribution < -0.4 is 15.0 Å². The summed E-state index contributed by atoms with van der Waals surface area (Å²) in [6.07, 6.45) is 1.73. The number of halogens is 2. The van der Waals surface area contributed by atoms with Gasteiger partial charge in [-0.3, -0.25) is 4.99 Å². The molecule has 1 aromatic carbocycles. The molecule has 1 fully saturated rings. The minimum Gasteiger partial charge on any atom is -0.480 e. The second-order valence-corrected chi connectivity index (χ2v) is 6.74. The summed E-state index contributed by atoms with van der Waals surface area (Å²) < 4.78 is 6.02. The Bertz CT molecular complexity index is 753. The first-order chi connectivity index (χ1) is 12.7. The lowest BCUT2D eigenvalue weighted by atomic mass is 10.2. The molecule has 9 heteroatoms. The summed E-state index contributed by atoms with van der Waals surface area (Å²) in [5, 5.41) is 3.44. The largest absolute Gasteiger partial charge is 0.480 e. The minimum atomic E-state index is 0. The van der Waals surface area contributed by atoms with Gasteiger partial charge in [0, 0.05) is 39.8 Å². The fraction of sp³-hybridized carbons (Fsp3) is 0.389. The Morgan fingerprint density at radius 3 is 2.56 bits per heavy atom. The van der Waals surface area contributed by atoms with Gasteiger partial charge in [-0.25, -0.2) is 4.98 Å². The number of piperazine rings is 1. The first-order valence-corrected chi connectivity index (χ1v) is 9.31. The van der Waals surface area contributed by atoms with Crippen LogP contribution in [0.25, 0.3) is 0 Å². The maximum absolute atomic E-state index is 5.26. The topological polar surface area (TPSA) is 65.9 Å². The third kappa shape index (κ3) is 5.68. The van der Waals surface area contributed by atoms with Crippen LogP contribution in [0.5, 0.6) is 5.88 Å². The quantitative estimate of drug-likeness (QED) is 0.361. The minimum absolute atomic E-state index is 0. The number of aromatic nitrogens is 2. The molecule has 0 radical (unpaired) electrons. The van der Waals surface area contributed by atoms with E-state index < -0.39 is 0 Å². The number of methoxy groups -OCH3 is 1. The Morgan fingerprint density at radius 1 is 1.22 bits per heavy atom. The average molecular weight is 547 g/mol. The standard InChI is InChI=1S/C18H23BrN6O.HI/c1-20-17(21-12-14-6-4-3-5-7-14)24-8-10-25(11-9-24)18-22-13-15(19)16(23-18)26-2;/h3-7,13H,8-12H2,1-2H3,(H,20,21);1H. The Hall–Kier alpha value is -1.62. The number of anilines is 1. The van der Waals surface area contributed by atoms with E-state index in [0.29, 0.717) is 11.8 Å². The van der Waals surface area contributed by atoms with E-state index in [9.17, 15) is 0 Å². The number of hydrogen-bond acceptors (Lipinski definition) is 5. The zero-order valence-electron chi connectivity index (χ0n) is 15.4. The van der Waals surface area contributed by atoms with E-state index in [0.717, 1.165) is 43.2 Å². The molecular weight excluding hydrogens is 523 g/mol. The van der Waals surface area contributed by atoms with Crippen LogP contribution in [-0.2, 0) is 6.54 Å². The average Bonchev–Trinajstić information content (AvgIpc) is 2.70. The van der Waals surface area contributed by atoms with Crippen LogP contribution in [0.1, 0.15) is 5.56 Å². The summed E-state index contributed by atoms with van der Waals surface area (Å²) in [6, 6.07) is 10.3. The summed E-state index contributed by atoms with van der Waals surface area (Å²) in [5.74, 6) is 2.16. The van der Waals surface area contributed by atoms with Crippen LogP contribution in [0.2, 0.25) is 0 Å². The highest BCUT2D eigenvalue weighted by molar-refractivity contribution is 14.0. The normalized spacial score (nSPS) is 14.6. The van der Waals surface area contributed by atoms with E-state index in [1.165, 1.54) is 5.56 Å². The van der Waals surface area contributed by atoms with Crippen molar-refractivity contribution in [3.8, 4) is 5.88 Å². The third-order valence-corrected chi connectivity index (χ3v) is 4.80. The molecule has 27 heavy (non-hydrogen) atoms. The molecule has 0 bridgehead atoms. The lowest BCUT2D eigenvalue weighted by molar-refractivity contribution is 0.366. The first kappa shape index (κ1) is 21.7. The van der Waals surface area contributed by atoms with E-state index >= 15 is 0 Å². The number of nitrogens with zero attached hydrogens (tertiary/aromatic N) is 5. The van der Waals surface area contributed by atoms with E-state index in [1.54, 1.807) is 13.3 Å². The smallest absolute Gasteiger partial charge is 0.232 e. The zero-order chi connectivity index (χ0) is 18.4. The second-order valence-electron chi connectivity index (χ2n) is 5.89. The number of benzene rings is 1. The summed E-state index contributed by atoms with van der Waals surface area (Å²) in [6.45, 7) is 4.14. The number of rotatable bonds is 4. The fourth-order valence-electron chi connectivity index (χ4n) is 2.87. The molecule has 1 saturated heterocycles. The number of hydrogen-bond donors (Lipinski definition) is 1. The van der Waals surface area contributed by atoms with Crippen LogP contribution >= 0.6 is 39.9 Å². The van der Waals surface area contributed by atoms with Crippen molar-refractivity contribution in [3.63, 3.8) is 0 Å². The highest BCUT2D eigenvalue weighted by atomic mass is 127. The van der Waals surface area contributed by atoms with Crippen molar-refractivity contribution in [2.24, 2.45) is 4.99 Å². The molecule has 2 heterocycles. The molecule has 0 amide bonds. The van der Waals surface area contributed by atoms with Crippen molar-refractivity contribution in [1.82, 2.24) is 20.2 Å². The molecule has 3 rings (SSSR count). The Balaban J connectivity index is 0.00000261. The molecule has 0 spiro atoms. The van der Waals surface area contributed by atoms with Crippen LogP contribution in [-0.4, -0.2) is 61.2 Å². The monoisotopic (exact) mass is 546 g/mol. The lowest BCUT2D eigenvalue weighted by Crippen LogP contribution is -2.52. The van der Waals surface area contributed by atoms with Crippen molar-refractivity contribution < 1.29 is 4.74 Å². The van der Waals surface area contributed by atoms with Gasteiger partial charge in [0.25, 0.3) is 0 Å². The van der Waals surface area contributed by atoms with Gasteiger partial charge in [-0.1, -0.05) is 30.3 Å². The number of nitrogens with one attached hydrogen (secondary N) is 1. The maximum atomic E-state index is 5.26. The molecule has 1 aliphatic rings. The van der Waals surface area contributed by atoms with Gasteiger partial charge in [0.05, 0.1) is 17.8 Å². The molecule has 1 aromatic heterocycles. The molecule has 1 N–H and O–H groups in total. The molecule has 2 aromatic rings. The molecule has 0 aliphatic carbocycles. The third-order valence-electron chi connectivity index (χ3n) is 4.26. The highest BCUT2D eigenvalue weighted by Gasteiger charge is 2.22. The highest BCUT2D eigenvalue weighted by Crippen LogP contribution is 2.23. The number of ether oxygens (including phenoxy) is 1. The van der Waals surface area contributed by atoms with Crippen molar-refractivity contribution in [2.45, 2.75) is 6.54 Å². The summed E-state index contributed by atoms with van der Waals surface area (Å²) in [4.78, 5) is 17.7. The van der Waals surface area contributed by atoms with Gasteiger partial charge >= 0.3 is 0 Å². The predicted molar refractivity (Wildman–Crippen MR) is 122 cm³/mol. The van der Waals surface area contributed by atoms with Crippen LogP contribution in [0.15, 0.2) is 46.0 Å². The Labute approximate surface area is 185 Å².